The van der Waals surface area contributed by atoms with E-state index in [9.17, 15) is 0 Å². The zero-order chi connectivity index (χ0) is 21.0. The second kappa shape index (κ2) is 9.77. The Morgan fingerprint density at radius 1 is 0.903 bits per heavy atom. The summed E-state index contributed by atoms with van der Waals surface area (Å²) in [4.78, 5) is 2.23. The van der Waals surface area contributed by atoms with Crippen LogP contribution >= 0.6 is 0 Å². The van der Waals surface area contributed by atoms with Gasteiger partial charge >= 0.3 is 0 Å². The van der Waals surface area contributed by atoms with Crippen molar-refractivity contribution in [3.05, 3.63) is 113 Å². The molecule has 5 heteroatoms. The fraction of sp³-hybridized carbons (Fsp3) is 0.154. The maximum atomic E-state index is 5.40. The van der Waals surface area contributed by atoms with Crippen molar-refractivity contribution < 1.29 is 21.5 Å². The maximum absolute atomic E-state index is 5.40. The summed E-state index contributed by atoms with van der Waals surface area (Å²) in [6, 6.07) is 28.9. The molecule has 0 saturated carbocycles. The zero-order valence-corrected chi connectivity index (χ0v) is 18.9. The van der Waals surface area contributed by atoms with Crippen LogP contribution in [-0.2, 0) is 26.9 Å². The number of anilines is 1. The molecule has 1 aliphatic heterocycles. The van der Waals surface area contributed by atoms with Crippen LogP contribution in [0.2, 0.25) is 0 Å². The van der Waals surface area contributed by atoms with Crippen LogP contribution in [0.15, 0.2) is 107 Å². The summed E-state index contributed by atoms with van der Waals surface area (Å²) in [7, 11) is 3.70. The third kappa shape index (κ3) is 4.20. The molecule has 0 bridgehead atoms. The van der Waals surface area contributed by atoms with Crippen LogP contribution in [0.1, 0.15) is 23.6 Å². The standard InChI is InChI=1S/C26H25N3O.Co/c1-26(21-14-8-5-9-15-21)22-16-10-11-17-23(22)29(2)24(26)18-19-27-28-25(30-3)20-12-6-4-7-13-20;/h4-19H,1-3H3;/b24-18-,27-19+,28-25-;. The summed E-state index contributed by atoms with van der Waals surface area (Å²) in [5.74, 6) is 0.485. The topological polar surface area (TPSA) is 37.2 Å². The Labute approximate surface area is 194 Å². The normalized spacial score (nSPS) is 19.4. The van der Waals surface area contributed by atoms with Crippen molar-refractivity contribution in [3.8, 4) is 0 Å². The third-order valence-electron chi connectivity index (χ3n) is 5.69. The molecule has 0 spiro atoms. The van der Waals surface area contributed by atoms with Gasteiger partial charge in [0.05, 0.1) is 18.7 Å². The molecule has 0 N–H and O–H groups in total. The van der Waals surface area contributed by atoms with Crippen LogP contribution in [0.4, 0.5) is 5.69 Å². The molecule has 1 radical (unpaired) electrons. The fourth-order valence-corrected chi connectivity index (χ4v) is 4.13. The molecule has 4 rings (SSSR count). The molecule has 31 heavy (non-hydrogen) atoms. The minimum atomic E-state index is -0.272. The molecule has 4 nitrogen and oxygen atoms in total. The van der Waals surface area contributed by atoms with Gasteiger partial charge in [-0.1, -0.05) is 66.7 Å². The van der Waals surface area contributed by atoms with Crippen LogP contribution in [0, 0.1) is 0 Å². The molecule has 0 aliphatic carbocycles. The molecule has 3 aromatic rings. The Morgan fingerprint density at radius 2 is 1.52 bits per heavy atom. The summed E-state index contributed by atoms with van der Waals surface area (Å²) in [6.07, 6.45) is 3.77. The number of benzene rings is 3. The number of allylic oxidation sites excluding steroid dienone is 2. The molecule has 0 amide bonds. The van der Waals surface area contributed by atoms with E-state index in [1.807, 2.05) is 42.5 Å². The Morgan fingerprint density at radius 3 is 2.19 bits per heavy atom. The maximum Gasteiger partial charge on any atom is 0.240 e. The van der Waals surface area contributed by atoms with Crippen molar-refractivity contribution in [2.24, 2.45) is 10.2 Å². The van der Waals surface area contributed by atoms with Crippen LogP contribution in [0.5, 0.6) is 0 Å². The van der Waals surface area contributed by atoms with Crippen LogP contribution in [-0.4, -0.2) is 26.3 Å². The van der Waals surface area contributed by atoms with E-state index < -0.39 is 0 Å². The van der Waals surface area contributed by atoms with Crippen molar-refractivity contribution in [3.63, 3.8) is 0 Å². The molecule has 0 saturated heterocycles. The average Bonchev–Trinajstić information content (AvgIpc) is 3.03. The van der Waals surface area contributed by atoms with E-state index in [2.05, 4.69) is 77.6 Å². The van der Waals surface area contributed by atoms with E-state index in [0.29, 0.717) is 5.90 Å². The molecule has 1 unspecified atom stereocenters. The van der Waals surface area contributed by atoms with Gasteiger partial charge in [-0.05, 0) is 42.3 Å². The first-order chi connectivity index (χ1) is 14.7. The van der Waals surface area contributed by atoms with E-state index in [-0.39, 0.29) is 22.2 Å². The third-order valence-corrected chi connectivity index (χ3v) is 5.69. The van der Waals surface area contributed by atoms with Crippen molar-refractivity contribution in [1.29, 1.82) is 0 Å². The van der Waals surface area contributed by atoms with Crippen LogP contribution < -0.4 is 4.90 Å². The van der Waals surface area contributed by atoms with E-state index in [0.717, 1.165) is 11.3 Å². The minimum absolute atomic E-state index is 0. The van der Waals surface area contributed by atoms with Gasteiger partial charge in [0.1, 0.15) is 0 Å². The Kier molecular flexibility index (Phi) is 7.10. The quantitative estimate of drug-likeness (QED) is 0.301. The first-order valence-corrected chi connectivity index (χ1v) is 9.96. The van der Waals surface area contributed by atoms with Crippen molar-refractivity contribution >= 4 is 17.8 Å². The van der Waals surface area contributed by atoms with Crippen molar-refractivity contribution in [2.45, 2.75) is 12.3 Å². The number of rotatable bonds is 4. The zero-order valence-electron chi connectivity index (χ0n) is 17.8. The SMILES string of the molecule is CO\C(=N/N=C/C=C1\N(C)c2ccccc2C1(C)c1ccccc1)c1ccccc1.[Co]. The molecule has 3 aromatic carbocycles. The number of likely N-dealkylation sites (N-methyl/N-ethyl adjacent to an activating group) is 1. The van der Waals surface area contributed by atoms with Gasteiger partial charge < -0.3 is 9.64 Å². The van der Waals surface area contributed by atoms with E-state index in [4.69, 9.17) is 4.74 Å². The van der Waals surface area contributed by atoms with Gasteiger partial charge in [0.2, 0.25) is 5.90 Å². The Hall–Kier alpha value is -3.15. The number of methoxy groups -OCH3 is 1. The average molecular weight is 454 g/mol. The summed E-state index contributed by atoms with van der Waals surface area (Å²) in [5.41, 5.74) is 5.49. The number of hydrogen-bond acceptors (Lipinski definition) is 4. The fourth-order valence-electron chi connectivity index (χ4n) is 4.13. The Bertz CT molecular complexity index is 1110. The number of fused-ring (bicyclic) bond motifs is 1. The Balaban J connectivity index is 0.00000272. The van der Waals surface area contributed by atoms with Crippen LogP contribution in [0.3, 0.4) is 0 Å². The first-order valence-electron chi connectivity index (χ1n) is 9.96. The van der Waals surface area contributed by atoms with Gasteiger partial charge in [0, 0.05) is 40.8 Å². The van der Waals surface area contributed by atoms with E-state index in [1.165, 1.54) is 16.8 Å². The first kappa shape index (κ1) is 22.5. The summed E-state index contributed by atoms with van der Waals surface area (Å²) < 4.78 is 5.40. The second-order valence-corrected chi connectivity index (χ2v) is 7.36. The van der Waals surface area contributed by atoms with E-state index >= 15 is 0 Å². The number of hydrogen-bond donors (Lipinski definition) is 0. The van der Waals surface area contributed by atoms with Gasteiger partial charge in [-0.25, -0.2) is 0 Å². The molecule has 1 heterocycles. The molecule has 159 valence electrons. The minimum Gasteiger partial charge on any atom is -0.479 e. The van der Waals surface area contributed by atoms with Crippen molar-refractivity contribution in [2.75, 3.05) is 19.1 Å². The second-order valence-electron chi connectivity index (χ2n) is 7.36. The predicted molar refractivity (Wildman–Crippen MR) is 124 cm³/mol. The van der Waals surface area contributed by atoms with Gasteiger partial charge in [0.15, 0.2) is 0 Å². The molecule has 1 atom stereocenters. The van der Waals surface area contributed by atoms with Gasteiger partial charge in [-0.15, -0.1) is 5.10 Å². The van der Waals surface area contributed by atoms with Gasteiger partial charge in [0.25, 0.3) is 0 Å². The molecular weight excluding hydrogens is 429 g/mol. The van der Waals surface area contributed by atoms with E-state index in [1.54, 1.807) is 13.3 Å². The predicted octanol–water partition coefficient (Wildman–Crippen LogP) is 5.40. The summed E-state index contributed by atoms with van der Waals surface area (Å²) in [5, 5.41) is 8.54. The summed E-state index contributed by atoms with van der Waals surface area (Å²) >= 11 is 0. The van der Waals surface area contributed by atoms with Gasteiger partial charge in [-0.3, -0.25) is 0 Å². The molecule has 0 fully saturated rings. The van der Waals surface area contributed by atoms with Gasteiger partial charge in [-0.2, -0.15) is 5.10 Å². The number of nitrogens with zero attached hydrogens (tertiary/aromatic N) is 3. The number of ether oxygens (including phenoxy) is 1. The largest absolute Gasteiger partial charge is 0.479 e. The number of para-hydroxylation sites is 1. The molecule has 0 aromatic heterocycles. The van der Waals surface area contributed by atoms with Crippen molar-refractivity contribution in [1.82, 2.24) is 0 Å². The molecule has 1 aliphatic rings. The smallest absolute Gasteiger partial charge is 0.240 e. The summed E-state index contributed by atoms with van der Waals surface area (Å²) in [6.45, 7) is 2.26. The molecular formula is C26H25CoN3O. The van der Waals surface area contributed by atoms with Crippen LogP contribution in [0.25, 0.3) is 0 Å². The monoisotopic (exact) mass is 454 g/mol.